The van der Waals surface area contributed by atoms with Crippen LogP contribution in [0.4, 0.5) is 0 Å². The van der Waals surface area contributed by atoms with E-state index in [0.717, 1.165) is 24.1 Å². The van der Waals surface area contributed by atoms with Crippen LogP contribution in [0.25, 0.3) is 0 Å². The average molecular weight is 231 g/mol. The molecular formula is C12H25NOS. The van der Waals surface area contributed by atoms with Crippen molar-refractivity contribution in [2.75, 3.05) is 18.6 Å². The SMILES string of the molecule is CC(C)C1CCC(NCCS(C)=O)CC1. The number of hydrogen-bond acceptors (Lipinski definition) is 2. The normalized spacial score (nSPS) is 29.3. The fourth-order valence-electron chi connectivity index (χ4n) is 2.40. The van der Waals surface area contributed by atoms with Crippen LogP contribution in [0.1, 0.15) is 39.5 Å². The van der Waals surface area contributed by atoms with E-state index in [1.807, 2.05) is 0 Å². The highest BCUT2D eigenvalue weighted by molar-refractivity contribution is 7.84. The first-order chi connectivity index (χ1) is 7.09. The molecule has 1 aliphatic carbocycles. The molecule has 1 rings (SSSR count). The topological polar surface area (TPSA) is 29.1 Å². The Bertz CT molecular complexity index is 198. The van der Waals surface area contributed by atoms with Gasteiger partial charge < -0.3 is 5.32 Å². The van der Waals surface area contributed by atoms with Crippen LogP contribution in [0.2, 0.25) is 0 Å². The maximum atomic E-state index is 10.9. The van der Waals surface area contributed by atoms with Crippen LogP contribution in [0, 0.1) is 11.8 Å². The predicted octanol–water partition coefficient (Wildman–Crippen LogP) is 2.17. The zero-order chi connectivity index (χ0) is 11.3. The minimum Gasteiger partial charge on any atom is -0.313 e. The van der Waals surface area contributed by atoms with Gasteiger partial charge in [-0.1, -0.05) is 13.8 Å². The Hall–Kier alpha value is 0.110. The van der Waals surface area contributed by atoms with Crippen molar-refractivity contribution in [1.82, 2.24) is 5.32 Å². The van der Waals surface area contributed by atoms with Gasteiger partial charge >= 0.3 is 0 Å². The summed E-state index contributed by atoms with van der Waals surface area (Å²) < 4.78 is 10.9. The Morgan fingerprint density at radius 1 is 1.27 bits per heavy atom. The lowest BCUT2D eigenvalue weighted by atomic mass is 9.80. The monoisotopic (exact) mass is 231 g/mol. The molecule has 0 amide bonds. The Morgan fingerprint density at radius 3 is 2.33 bits per heavy atom. The van der Waals surface area contributed by atoms with Crippen molar-refractivity contribution in [2.45, 2.75) is 45.6 Å². The zero-order valence-electron chi connectivity index (χ0n) is 10.3. The molecule has 3 heteroatoms. The number of nitrogens with one attached hydrogen (secondary N) is 1. The molecule has 0 aromatic rings. The van der Waals surface area contributed by atoms with Crippen LogP contribution in [-0.2, 0) is 10.8 Å². The smallest absolute Gasteiger partial charge is 0.0357 e. The summed E-state index contributed by atoms with van der Waals surface area (Å²) in [6.45, 7) is 5.58. The van der Waals surface area contributed by atoms with E-state index in [4.69, 9.17) is 0 Å². The Labute approximate surface area is 96.7 Å². The summed E-state index contributed by atoms with van der Waals surface area (Å²) in [7, 11) is -0.647. The highest BCUT2D eigenvalue weighted by atomic mass is 32.2. The van der Waals surface area contributed by atoms with Crippen molar-refractivity contribution in [2.24, 2.45) is 11.8 Å². The van der Waals surface area contributed by atoms with Crippen molar-refractivity contribution >= 4 is 10.8 Å². The molecule has 1 N–H and O–H groups in total. The van der Waals surface area contributed by atoms with Gasteiger partial charge in [0.25, 0.3) is 0 Å². The minimum absolute atomic E-state index is 0.647. The maximum Gasteiger partial charge on any atom is 0.0357 e. The van der Waals surface area contributed by atoms with E-state index in [9.17, 15) is 4.21 Å². The van der Waals surface area contributed by atoms with Crippen LogP contribution in [-0.4, -0.2) is 28.8 Å². The molecule has 15 heavy (non-hydrogen) atoms. The molecule has 0 saturated heterocycles. The zero-order valence-corrected chi connectivity index (χ0v) is 11.1. The van der Waals surface area contributed by atoms with E-state index in [2.05, 4.69) is 19.2 Å². The summed E-state index contributed by atoms with van der Waals surface area (Å²) in [5, 5.41) is 3.52. The van der Waals surface area contributed by atoms with Gasteiger partial charge in [-0.25, -0.2) is 0 Å². The van der Waals surface area contributed by atoms with Crippen molar-refractivity contribution < 1.29 is 4.21 Å². The highest BCUT2D eigenvalue weighted by Crippen LogP contribution is 2.29. The van der Waals surface area contributed by atoms with Gasteiger partial charge in [0.15, 0.2) is 0 Å². The molecule has 0 aromatic carbocycles. The molecule has 0 aromatic heterocycles. The highest BCUT2D eigenvalue weighted by Gasteiger charge is 2.22. The third kappa shape index (κ3) is 5.12. The molecule has 90 valence electrons. The first-order valence-electron chi connectivity index (χ1n) is 6.13. The van der Waals surface area contributed by atoms with Gasteiger partial charge in [0.1, 0.15) is 0 Å². The lowest BCUT2D eigenvalue weighted by molar-refractivity contribution is 0.241. The summed E-state index contributed by atoms with van der Waals surface area (Å²) >= 11 is 0. The second kappa shape index (κ2) is 6.64. The minimum atomic E-state index is -0.647. The number of hydrogen-bond donors (Lipinski definition) is 1. The van der Waals surface area contributed by atoms with Gasteiger partial charge in [0, 0.05) is 35.4 Å². The Kier molecular flexibility index (Phi) is 5.83. The van der Waals surface area contributed by atoms with Crippen LogP contribution >= 0.6 is 0 Å². The van der Waals surface area contributed by atoms with Crippen LogP contribution < -0.4 is 5.32 Å². The van der Waals surface area contributed by atoms with Gasteiger partial charge in [-0.3, -0.25) is 4.21 Å². The van der Waals surface area contributed by atoms with Crippen molar-refractivity contribution in [3.8, 4) is 0 Å². The van der Waals surface area contributed by atoms with Gasteiger partial charge in [-0.2, -0.15) is 0 Å². The van der Waals surface area contributed by atoms with Crippen molar-refractivity contribution in [3.63, 3.8) is 0 Å². The standard InChI is InChI=1S/C12H25NOS/c1-10(2)11-4-6-12(7-5-11)13-8-9-15(3)14/h10-13H,4-9H2,1-3H3. The second-order valence-electron chi connectivity index (χ2n) is 5.09. The largest absolute Gasteiger partial charge is 0.313 e. The Morgan fingerprint density at radius 2 is 1.87 bits per heavy atom. The molecule has 2 nitrogen and oxygen atoms in total. The molecular weight excluding hydrogens is 206 g/mol. The van der Waals surface area contributed by atoms with Gasteiger partial charge in [-0.15, -0.1) is 0 Å². The molecule has 0 heterocycles. The predicted molar refractivity (Wildman–Crippen MR) is 67.5 cm³/mol. The molecule has 1 atom stereocenters. The first-order valence-corrected chi connectivity index (χ1v) is 7.85. The third-order valence-electron chi connectivity index (χ3n) is 3.54. The van der Waals surface area contributed by atoms with Gasteiger partial charge in [0.2, 0.25) is 0 Å². The number of rotatable bonds is 5. The average Bonchev–Trinajstić information content (AvgIpc) is 2.18. The molecule has 0 bridgehead atoms. The first kappa shape index (κ1) is 13.2. The Balaban J connectivity index is 2.12. The molecule has 1 unspecified atom stereocenters. The van der Waals surface area contributed by atoms with E-state index in [1.54, 1.807) is 6.26 Å². The quantitative estimate of drug-likeness (QED) is 0.785. The van der Waals surface area contributed by atoms with Crippen LogP contribution in [0.3, 0.4) is 0 Å². The molecule has 1 fully saturated rings. The molecule has 0 spiro atoms. The lowest BCUT2D eigenvalue weighted by Gasteiger charge is -2.31. The third-order valence-corrected chi connectivity index (χ3v) is 4.32. The van der Waals surface area contributed by atoms with Gasteiger partial charge in [-0.05, 0) is 37.5 Å². The van der Waals surface area contributed by atoms with E-state index in [-0.39, 0.29) is 0 Å². The van der Waals surface area contributed by atoms with Crippen LogP contribution in [0.15, 0.2) is 0 Å². The molecule has 1 saturated carbocycles. The van der Waals surface area contributed by atoms with E-state index in [1.165, 1.54) is 25.7 Å². The van der Waals surface area contributed by atoms with E-state index in [0.29, 0.717) is 6.04 Å². The van der Waals surface area contributed by atoms with E-state index < -0.39 is 10.8 Å². The molecule has 0 aliphatic heterocycles. The van der Waals surface area contributed by atoms with E-state index >= 15 is 0 Å². The van der Waals surface area contributed by atoms with Crippen molar-refractivity contribution in [3.05, 3.63) is 0 Å². The van der Waals surface area contributed by atoms with Crippen LogP contribution in [0.5, 0.6) is 0 Å². The lowest BCUT2D eigenvalue weighted by Crippen LogP contribution is -2.36. The summed E-state index contributed by atoms with van der Waals surface area (Å²) in [5.41, 5.74) is 0. The van der Waals surface area contributed by atoms with Crippen molar-refractivity contribution in [1.29, 1.82) is 0 Å². The summed E-state index contributed by atoms with van der Waals surface area (Å²) in [6.07, 6.45) is 7.12. The second-order valence-corrected chi connectivity index (χ2v) is 6.64. The molecule has 0 radical (unpaired) electrons. The summed E-state index contributed by atoms with van der Waals surface area (Å²) in [6, 6.07) is 0.684. The maximum absolute atomic E-state index is 10.9. The summed E-state index contributed by atoms with van der Waals surface area (Å²) in [5.74, 6) is 2.57. The molecule has 1 aliphatic rings. The summed E-state index contributed by atoms with van der Waals surface area (Å²) in [4.78, 5) is 0. The fourth-order valence-corrected chi connectivity index (χ4v) is 2.80. The van der Waals surface area contributed by atoms with Gasteiger partial charge in [0.05, 0.1) is 0 Å². The fraction of sp³-hybridized carbons (Fsp3) is 1.00.